The Kier molecular flexibility index (Phi) is 5.43. The van der Waals surface area contributed by atoms with Gasteiger partial charge >= 0.3 is 0 Å². The highest BCUT2D eigenvalue weighted by atomic mass is 32.2. The van der Waals surface area contributed by atoms with Gasteiger partial charge in [0.15, 0.2) is 9.84 Å². The third-order valence-corrected chi connectivity index (χ3v) is 5.67. The Hall–Kier alpha value is -1.07. The van der Waals surface area contributed by atoms with Crippen LogP contribution in [0.1, 0.15) is 26.2 Å². The third-order valence-electron chi connectivity index (χ3n) is 3.73. The van der Waals surface area contributed by atoms with Crippen LogP contribution in [0.2, 0.25) is 0 Å². The minimum Gasteiger partial charge on any atom is -0.385 e. The van der Waals surface area contributed by atoms with Crippen molar-refractivity contribution >= 4 is 15.5 Å². The van der Waals surface area contributed by atoms with Gasteiger partial charge in [0, 0.05) is 12.2 Å². The highest BCUT2D eigenvalue weighted by molar-refractivity contribution is 7.91. The van der Waals surface area contributed by atoms with E-state index in [1.807, 2.05) is 19.1 Å². The predicted octanol–water partition coefficient (Wildman–Crippen LogP) is 2.28. The lowest BCUT2D eigenvalue weighted by Crippen LogP contribution is -2.12. The highest BCUT2D eigenvalue weighted by Crippen LogP contribution is 2.17. The lowest BCUT2D eigenvalue weighted by atomic mass is 10.1. The number of sulfone groups is 1. The summed E-state index contributed by atoms with van der Waals surface area (Å²) < 4.78 is 23.8. The van der Waals surface area contributed by atoms with Gasteiger partial charge in [0.1, 0.15) is 0 Å². The van der Waals surface area contributed by atoms with Crippen LogP contribution in [0.15, 0.2) is 29.2 Å². The molecule has 112 valence electrons. The lowest BCUT2D eigenvalue weighted by Gasteiger charge is -2.11. The van der Waals surface area contributed by atoms with Gasteiger partial charge in [-0.1, -0.05) is 6.92 Å². The minimum atomic E-state index is -3.10. The molecule has 1 heterocycles. The van der Waals surface area contributed by atoms with Crippen LogP contribution in [-0.4, -0.2) is 33.8 Å². The first-order valence-electron chi connectivity index (χ1n) is 7.39. The number of hydrogen-bond donors (Lipinski definition) is 2. The summed E-state index contributed by atoms with van der Waals surface area (Å²) >= 11 is 0. The van der Waals surface area contributed by atoms with Crippen molar-refractivity contribution in [2.75, 3.05) is 30.7 Å². The van der Waals surface area contributed by atoms with Gasteiger partial charge in [0.05, 0.1) is 10.6 Å². The molecule has 20 heavy (non-hydrogen) atoms. The fraction of sp³-hybridized carbons (Fsp3) is 0.600. The number of nitrogens with one attached hydrogen (secondary N) is 2. The molecule has 0 radical (unpaired) electrons. The molecule has 1 fully saturated rings. The average molecular weight is 296 g/mol. The molecule has 0 amide bonds. The van der Waals surface area contributed by atoms with Crippen molar-refractivity contribution < 1.29 is 8.42 Å². The third kappa shape index (κ3) is 4.21. The molecule has 0 spiro atoms. The molecular formula is C15H24N2O2S. The number of hydrogen-bond acceptors (Lipinski definition) is 4. The van der Waals surface area contributed by atoms with Gasteiger partial charge in [-0.15, -0.1) is 0 Å². The van der Waals surface area contributed by atoms with E-state index in [0.717, 1.165) is 37.7 Å². The quantitative estimate of drug-likeness (QED) is 0.810. The van der Waals surface area contributed by atoms with Gasteiger partial charge in [0.2, 0.25) is 0 Å². The standard InChI is InChI=1S/C15H24N2O2S/c1-2-11-20(18,19)15-5-3-14(4-6-15)17-10-8-13-7-9-16-12-13/h3-6,13,16-17H,2,7-12H2,1H3. The van der Waals surface area contributed by atoms with Gasteiger partial charge in [-0.25, -0.2) is 8.42 Å². The monoisotopic (exact) mass is 296 g/mol. The van der Waals surface area contributed by atoms with Crippen molar-refractivity contribution in [1.82, 2.24) is 5.32 Å². The smallest absolute Gasteiger partial charge is 0.178 e. The van der Waals surface area contributed by atoms with E-state index < -0.39 is 9.84 Å². The van der Waals surface area contributed by atoms with Gasteiger partial charge in [0.25, 0.3) is 0 Å². The van der Waals surface area contributed by atoms with E-state index in [2.05, 4.69) is 10.6 Å². The molecule has 0 aromatic heterocycles. The zero-order valence-electron chi connectivity index (χ0n) is 12.1. The van der Waals surface area contributed by atoms with Crippen molar-refractivity contribution in [1.29, 1.82) is 0 Å². The maximum atomic E-state index is 11.9. The maximum Gasteiger partial charge on any atom is 0.178 e. The van der Waals surface area contributed by atoms with Crippen molar-refractivity contribution in [2.24, 2.45) is 5.92 Å². The van der Waals surface area contributed by atoms with Crippen LogP contribution in [0.5, 0.6) is 0 Å². The van der Waals surface area contributed by atoms with Gasteiger partial charge < -0.3 is 10.6 Å². The van der Waals surface area contributed by atoms with Crippen LogP contribution in [-0.2, 0) is 9.84 Å². The van der Waals surface area contributed by atoms with Crippen LogP contribution >= 0.6 is 0 Å². The van der Waals surface area contributed by atoms with E-state index in [4.69, 9.17) is 0 Å². The molecule has 0 aliphatic carbocycles. The second-order valence-electron chi connectivity index (χ2n) is 5.42. The van der Waals surface area contributed by atoms with Gasteiger partial charge in [-0.3, -0.25) is 0 Å². The molecule has 1 aromatic rings. The summed E-state index contributed by atoms with van der Waals surface area (Å²) in [5.41, 5.74) is 0.992. The minimum absolute atomic E-state index is 0.217. The van der Waals surface area contributed by atoms with Crippen molar-refractivity contribution in [3.05, 3.63) is 24.3 Å². The molecule has 1 atom stereocenters. The first-order valence-corrected chi connectivity index (χ1v) is 9.04. The Bertz CT molecular complexity index is 505. The molecule has 1 aliphatic heterocycles. The first-order chi connectivity index (χ1) is 9.62. The van der Waals surface area contributed by atoms with Crippen LogP contribution in [0.3, 0.4) is 0 Å². The van der Waals surface area contributed by atoms with E-state index >= 15 is 0 Å². The lowest BCUT2D eigenvalue weighted by molar-refractivity contribution is 0.549. The molecule has 1 aliphatic rings. The Balaban J connectivity index is 1.85. The van der Waals surface area contributed by atoms with E-state index in [-0.39, 0.29) is 5.75 Å². The molecule has 0 bridgehead atoms. The predicted molar refractivity (Wildman–Crippen MR) is 82.9 cm³/mol. The van der Waals surface area contributed by atoms with Gasteiger partial charge in [-0.2, -0.15) is 0 Å². The van der Waals surface area contributed by atoms with Crippen LogP contribution in [0.25, 0.3) is 0 Å². The number of benzene rings is 1. The molecule has 1 unspecified atom stereocenters. The van der Waals surface area contributed by atoms with Crippen molar-refractivity contribution in [3.63, 3.8) is 0 Å². The zero-order chi connectivity index (χ0) is 14.4. The molecule has 1 aromatic carbocycles. The number of anilines is 1. The Morgan fingerprint density at radius 3 is 2.65 bits per heavy atom. The molecule has 0 saturated carbocycles. The van der Waals surface area contributed by atoms with E-state index in [9.17, 15) is 8.42 Å². The first kappa shape index (κ1) is 15.3. The molecular weight excluding hydrogens is 272 g/mol. The average Bonchev–Trinajstić information content (AvgIpc) is 2.92. The molecule has 1 saturated heterocycles. The van der Waals surface area contributed by atoms with Crippen LogP contribution < -0.4 is 10.6 Å². The second kappa shape index (κ2) is 7.09. The van der Waals surface area contributed by atoms with E-state index in [1.54, 1.807) is 12.1 Å². The second-order valence-corrected chi connectivity index (χ2v) is 7.53. The fourth-order valence-electron chi connectivity index (χ4n) is 2.55. The van der Waals surface area contributed by atoms with Crippen LogP contribution in [0, 0.1) is 5.92 Å². The maximum absolute atomic E-state index is 11.9. The van der Waals surface area contributed by atoms with Crippen LogP contribution in [0.4, 0.5) is 5.69 Å². The summed E-state index contributed by atoms with van der Waals surface area (Å²) in [6.45, 7) is 5.07. The highest BCUT2D eigenvalue weighted by Gasteiger charge is 2.14. The SMILES string of the molecule is CCCS(=O)(=O)c1ccc(NCCC2CCNC2)cc1. The summed E-state index contributed by atoms with van der Waals surface area (Å²) in [5.74, 6) is 0.987. The molecule has 2 rings (SSSR count). The summed E-state index contributed by atoms with van der Waals surface area (Å²) in [6, 6.07) is 7.11. The van der Waals surface area contributed by atoms with Gasteiger partial charge in [-0.05, 0) is 62.5 Å². The van der Waals surface area contributed by atoms with Crippen molar-refractivity contribution in [3.8, 4) is 0 Å². The summed E-state index contributed by atoms with van der Waals surface area (Å²) in [5, 5.41) is 6.72. The van der Waals surface area contributed by atoms with Crippen molar-refractivity contribution in [2.45, 2.75) is 31.1 Å². The fourth-order valence-corrected chi connectivity index (χ4v) is 3.87. The summed E-state index contributed by atoms with van der Waals surface area (Å²) in [7, 11) is -3.10. The Morgan fingerprint density at radius 1 is 1.30 bits per heavy atom. The van der Waals surface area contributed by atoms with E-state index in [1.165, 1.54) is 6.42 Å². The normalized spacial score (nSPS) is 19.1. The summed E-state index contributed by atoms with van der Waals surface area (Å²) in [4.78, 5) is 0.421. The van der Waals surface area contributed by atoms with E-state index in [0.29, 0.717) is 11.3 Å². The number of rotatable bonds is 7. The summed E-state index contributed by atoms with van der Waals surface area (Å²) in [6.07, 6.45) is 3.07. The largest absolute Gasteiger partial charge is 0.385 e. The Labute approximate surface area is 121 Å². The topological polar surface area (TPSA) is 58.2 Å². The molecule has 4 nitrogen and oxygen atoms in total. The molecule has 2 N–H and O–H groups in total. The Morgan fingerprint density at radius 2 is 2.05 bits per heavy atom. The molecule has 5 heteroatoms. The zero-order valence-corrected chi connectivity index (χ0v) is 12.9.